The van der Waals surface area contributed by atoms with Crippen LogP contribution in [-0.2, 0) is 28.8 Å². The van der Waals surface area contributed by atoms with Gasteiger partial charge in [-0.2, -0.15) is 8.42 Å². The molecule has 7 unspecified atom stereocenters. The predicted molar refractivity (Wildman–Crippen MR) is 179 cm³/mol. The fourth-order valence-electron chi connectivity index (χ4n) is 11.8. The molecule has 0 aromatic rings. The van der Waals surface area contributed by atoms with Crippen molar-refractivity contribution in [2.24, 2.45) is 52.3 Å². The molecule has 4 saturated carbocycles. The Morgan fingerprint density at radius 2 is 1.50 bits per heavy atom. The van der Waals surface area contributed by atoms with E-state index in [-0.39, 0.29) is 37.2 Å². The maximum atomic E-state index is 12.8. The number of rotatable bonds is 12. The fraction of sp³-hybridized carbons (Fsp3) is 1.00. The Morgan fingerprint density at radius 1 is 0.840 bits per heavy atom. The second kappa shape index (κ2) is 15.0. The number of hydrogen-bond donors (Lipinski definition) is 8. The molecule has 0 aromatic carbocycles. The summed E-state index contributed by atoms with van der Waals surface area (Å²) in [5.41, 5.74) is -3.30. The van der Waals surface area contributed by atoms with E-state index in [1.807, 2.05) is 13.8 Å². The van der Waals surface area contributed by atoms with Gasteiger partial charge in [0.2, 0.25) is 0 Å². The average Bonchev–Trinajstić information content (AvgIpc) is 3.22. The zero-order chi connectivity index (χ0) is 37.1. The minimum Gasteiger partial charge on any atom is -0.390 e. The number of aliphatic hydroxyl groups excluding tert-OH is 6. The summed E-state index contributed by atoms with van der Waals surface area (Å²) < 4.78 is 55.5. The lowest BCUT2D eigenvalue weighted by atomic mass is 9.41. The van der Waals surface area contributed by atoms with Gasteiger partial charge in [-0.25, -0.2) is 4.18 Å². The zero-order valence-corrected chi connectivity index (χ0v) is 31.1. The van der Waals surface area contributed by atoms with Gasteiger partial charge in [0.25, 0.3) is 0 Å². The summed E-state index contributed by atoms with van der Waals surface area (Å²) in [6, 6.07) is 0. The van der Waals surface area contributed by atoms with E-state index in [0.717, 1.165) is 12.8 Å². The minimum atomic E-state index is -5.00. The molecule has 5 aliphatic rings. The molecule has 15 heteroatoms. The fourth-order valence-corrected chi connectivity index (χ4v) is 12.3. The zero-order valence-electron chi connectivity index (χ0n) is 30.2. The van der Waals surface area contributed by atoms with E-state index < -0.39 is 99.7 Å². The lowest BCUT2D eigenvalue weighted by Gasteiger charge is -2.66. The molecule has 0 spiro atoms. The molecule has 1 heterocycles. The van der Waals surface area contributed by atoms with Gasteiger partial charge in [-0.15, -0.1) is 0 Å². The molecular formula is C35H62O14S. The van der Waals surface area contributed by atoms with Crippen LogP contribution >= 0.6 is 0 Å². The Hall–Kier alpha value is -0.530. The van der Waals surface area contributed by atoms with Crippen molar-refractivity contribution in [3.8, 4) is 0 Å². The van der Waals surface area contributed by atoms with Crippen LogP contribution in [0.3, 0.4) is 0 Å². The third-order valence-electron chi connectivity index (χ3n) is 14.2. The Morgan fingerprint density at radius 3 is 2.12 bits per heavy atom. The van der Waals surface area contributed by atoms with Gasteiger partial charge in [0.15, 0.2) is 6.29 Å². The van der Waals surface area contributed by atoms with Crippen LogP contribution in [0, 0.1) is 52.3 Å². The summed E-state index contributed by atoms with van der Waals surface area (Å²) in [6.07, 6.45) is -6.63. The molecule has 0 aromatic heterocycles. The molecule has 50 heavy (non-hydrogen) atoms. The monoisotopic (exact) mass is 738 g/mol. The maximum Gasteiger partial charge on any atom is 0.397 e. The van der Waals surface area contributed by atoms with E-state index in [9.17, 15) is 48.7 Å². The highest BCUT2D eigenvalue weighted by molar-refractivity contribution is 7.80. The van der Waals surface area contributed by atoms with Crippen LogP contribution in [0.1, 0.15) is 86.0 Å². The second-order valence-corrected chi connectivity index (χ2v) is 18.2. The smallest absolute Gasteiger partial charge is 0.390 e. The Balaban J connectivity index is 1.31. The first-order chi connectivity index (χ1) is 23.2. The van der Waals surface area contributed by atoms with Crippen molar-refractivity contribution >= 4 is 10.4 Å². The van der Waals surface area contributed by atoms with Crippen molar-refractivity contribution < 1.29 is 67.1 Å². The minimum absolute atomic E-state index is 0.0648. The molecule has 18 atom stereocenters. The van der Waals surface area contributed by atoms with Crippen LogP contribution in [0.5, 0.6) is 0 Å². The Kier molecular flexibility index (Phi) is 12.2. The standard InChI is InChI=1S/C35H62O14S/c1-17(2)19(11-14-47-32-30(41)27(38)22(46-6)16-48-32)8-7-18(3)24-28(39)29(40)31-34(24,5)13-10-23-33(4)12-9-20(36)26(37)25(33)21(15-35(23,31)42)49-50(43,44)45/h17-32,36-42H,7-16H2,1-6H3,(H,43,44,45)/t18?,19-,20+,21?,22-,23?,24?,25?,26+,27+,28-,29?,30-,31?,32-,33-,34-,35+/m1/s1. The molecule has 8 N–H and O–H groups in total. The van der Waals surface area contributed by atoms with E-state index in [0.29, 0.717) is 38.2 Å². The third kappa shape index (κ3) is 7.18. The average molecular weight is 739 g/mol. The number of fused-ring (bicyclic) bond motifs is 5. The molecular weight excluding hydrogens is 676 g/mol. The topological polar surface area (TPSA) is 233 Å². The van der Waals surface area contributed by atoms with Crippen LogP contribution in [0.4, 0.5) is 0 Å². The highest BCUT2D eigenvalue weighted by Crippen LogP contribution is 2.70. The van der Waals surface area contributed by atoms with Crippen molar-refractivity contribution in [2.45, 2.75) is 147 Å². The number of methoxy groups -OCH3 is 1. The van der Waals surface area contributed by atoms with Crippen LogP contribution in [0.15, 0.2) is 0 Å². The van der Waals surface area contributed by atoms with Crippen LogP contribution in [-0.4, -0.2) is 130 Å². The molecule has 1 saturated heterocycles. The first kappa shape index (κ1) is 40.7. The molecule has 0 bridgehead atoms. The van der Waals surface area contributed by atoms with Gasteiger partial charge >= 0.3 is 10.4 Å². The predicted octanol–water partition coefficient (Wildman–Crippen LogP) is 1.02. The molecule has 0 radical (unpaired) electrons. The second-order valence-electron chi connectivity index (χ2n) is 17.1. The van der Waals surface area contributed by atoms with Crippen molar-refractivity contribution in [1.29, 1.82) is 0 Å². The lowest BCUT2D eigenvalue weighted by molar-refractivity contribution is -0.277. The largest absolute Gasteiger partial charge is 0.397 e. The van der Waals surface area contributed by atoms with E-state index in [2.05, 4.69) is 20.8 Å². The van der Waals surface area contributed by atoms with Gasteiger partial charge in [-0.05, 0) is 78.9 Å². The number of hydrogen-bond acceptors (Lipinski definition) is 13. The van der Waals surface area contributed by atoms with Crippen LogP contribution in [0.25, 0.3) is 0 Å². The quantitative estimate of drug-likeness (QED) is 0.131. The van der Waals surface area contributed by atoms with Crippen molar-refractivity contribution in [1.82, 2.24) is 0 Å². The SMILES string of the molecule is CO[C@@H]1CO[C@@H](OCC[C@@H](CCC(C)C2[C@@H](O)C(O)C3[C@]2(C)CCC2[C@@]4(C)CC[C@H](O)[C@H](O)C4C(OS(=O)(=O)O)C[C@]23O)C(C)C)[C@H](O)[C@H]1O. The summed E-state index contributed by atoms with van der Waals surface area (Å²) in [5, 5.41) is 78.6. The molecule has 5 fully saturated rings. The maximum absolute atomic E-state index is 12.8. The van der Waals surface area contributed by atoms with Crippen molar-refractivity contribution in [3.05, 3.63) is 0 Å². The highest BCUT2D eigenvalue weighted by atomic mass is 32.3. The van der Waals surface area contributed by atoms with E-state index in [1.165, 1.54) is 7.11 Å². The summed E-state index contributed by atoms with van der Waals surface area (Å²) in [6.45, 7) is 10.6. The molecule has 4 aliphatic carbocycles. The lowest BCUT2D eigenvalue weighted by Crippen LogP contribution is -2.71. The molecule has 5 rings (SSSR count). The normalized spacial score (nSPS) is 49.2. The first-order valence-electron chi connectivity index (χ1n) is 18.4. The van der Waals surface area contributed by atoms with Gasteiger partial charge in [-0.3, -0.25) is 4.55 Å². The van der Waals surface area contributed by atoms with Crippen molar-refractivity contribution in [3.63, 3.8) is 0 Å². The first-order valence-corrected chi connectivity index (χ1v) is 19.8. The van der Waals surface area contributed by atoms with Gasteiger partial charge in [-0.1, -0.05) is 41.0 Å². The van der Waals surface area contributed by atoms with Crippen molar-refractivity contribution in [2.75, 3.05) is 20.3 Å². The highest BCUT2D eigenvalue weighted by Gasteiger charge is 2.74. The third-order valence-corrected chi connectivity index (χ3v) is 14.7. The van der Waals surface area contributed by atoms with E-state index >= 15 is 0 Å². The molecule has 14 nitrogen and oxygen atoms in total. The molecule has 1 aliphatic heterocycles. The summed E-state index contributed by atoms with van der Waals surface area (Å²) in [4.78, 5) is 0. The van der Waals surface area contributed by atoms with Gasteiger partial charge in [0.1, 0.15) is 18.3 Å². The summed E-state index contributed by atoms with van der Waals surface area (Å²) in [7, 11) is -3.56. The number of aliphatic hydroxyl groups is 7. The van der Waals surface area contributed by atoms with E-state index in [1.54, 1.807) is 0 Å². The Labute approximate surface area is 296 Å². The number of ether oxygens (including phenoxy) is 3. The van der Waals surface area contributed by atoms with Gasteiger partial charge in [0.05, 0.1) is 49.3 Å². The van der Waals surface area contributed by atoms with Gasteiger partial charge < -0.3 is 50.0 Å². The molecule has 0 amide bonds. The Bertz CT molecular complexity index is 1270. The van der Waals surface area contributed by atoms with Crippen LogP contribution < -0.4 is 0 Å². The molecule has 292 valence electrons. The van der Waals surface area contributed by atoms with E-state index in [4.69, 9.17) is 18.4 Å². The van der Waals surface area contributed by atoms with Crippen LogP contribution in [0.2, 0.25) is 0 Å². The summed E-state index contributed by atoms with van der Waals surface area (Å²) >= 11 is 0. The summed E-state index contributed by atoms with van der Waals surface area (Å²) in [5.74, 6) is -2.15. The van der Waals surface area contributed by atoms with Gasteiger partial charge in [0, 0.05) is 25.4 Å².